The number of hydrogen-bond donors (Lipinski definition) is 3. The lowest BCUT2D eigenvalue weighted by Crippen LogP contribution is -2.39. The molecule has 0 amide bonds. The number of sulfonamides is 1. The Morgan fingerprint density at radius 3 is 2.70 bits per heavy atom. The Bertz CT molecular complexity index is 627. The quantitative estimate of drug-likeness (QED) is 0.748. The summed E-state index contributed by atoms with van der Waals surface area (Å²) in [5.41, 5.74) is -0.455. The number of aromatic hydroxyl groups is 1. The van der Waals surface area contributed by atoms with Gasteiger partial charge in [0.25, 0.3) is 0 Å². The van der Waals surface area contributed by atoms with Crippen LogP contribution in [0, 0.1) is 0 Å². The first-order chi connectivity index (χ1) is 9.31. The normalized spacial score (nSPS) is 22.9. The second-order valence-electron chi connectivity index (χ2n) is 4.58. The number of ether oxygens (including phenoxy) is 1. The molecule has 7 nitrogen and oxygen atoms in total. The average molecular weight is 301 g/mol. The Balaban J connectivity index is 2.30. The van der Waals surface area contributed by atoms with Crippen LogP contribution in [0.15, 0.2) is 23.1 Å². The number of aromatic carboxylic acids is 1. The second kappa shape index (κ2) is 5.39. The Morgan fingerprint density at radius 1 is 1.45 bits per heavy atom. The van der Waals surface area contributed by atoms with Crippen molar-refractivity contribution in [2.24, 2.45) is 0 Å². The van der Waals surface area contributed by atoms with Crippen LogP contribution in [0.5, 0.6) is 5.75 Å². The standard InChI is InChI=1S/C12H15NO6S/c1-7-10(4-5-19-7)13-20(17,18)8-2-3-11(14)9(6-8)12(15)16/h2-3,6-7,10,13-14H,4-5H2,1H3,(H,15,16). The molecular weight excluding hydrogens is 286 g/mol. The first-order valence-corrected chi connectivity index (χ1v) is 7.50. The van der Waals surface area contributed by atoms with Crippen molar-refractivity contribution < 1.29 is 28.2 Å². The minimum absolute atomic E-state index is 0.202. The molecule has 0 bridgehead atoms. The van der Waals surface area contributed by atoms with Crippen LogP contribution >= 0.6 is 0 Å². The van der Waals surface area contributed by atoms with E-state index in [0.717, 1.165) is 18.2 Å². The Morgan fingerprint density at radius 2 is 2.15 bits per heavy atom. The molecule has 0 aliphatic carbocycles. The molecule has 2 atom stereocenters. The summed E-state index contributed by atoms with van der Waals surface area (Å²) in [6.07, 6.45) is 0.324. The van der Waals surface area contributed by atoms with E-state index in [1.165, 1.54) is 0 Å². The van der Waals surface area contributed by atoms with Crippen molar-refractivity contribution in [3.8, 4) is 5.75 Å². The second-order valence-corrected chi connectivity index (χ2v) is 6.29. The van der Waals surface area contributed by atoms with Crippen molar-refractivity contribution in [3.63, 3.8) is 0 Å². The molecule has 0 aromatic heterocycles. The maximum absolute atomic E-state index is 12.2. The van der Waals surface area contributed by atoms with E-state index >= 15 is 0 Å². The zero-order valence-electron chi connectivity index (χ0n) is 10.7. The summed E-state index contributed by atoms with van der Waals surface area (Å²) in [6.45, 7) is 2.24. The smallest absolute Gasteiger partial charge is 0.339 e. The highest BCUT2D eigenvalue weighted by Gasteiger charge is 2.29. The molecule has 110 valence electrons. The van der Waals surface area contributed by atoms with Gasteiger partial charge in [-0.1, -0.05) is 0 Å². The molecule has 1 aromatic rings. The highest BCUT2D eigenvalue weighted by atomic mass is 32.2. The molecule has 0 radical (unpaired) electrons. The molecule has 1 saturated heterocycles. The lowest BCUT2D eigenvalue weighted by molar-refractivity contribution is 0.0693. The number of benzene rings is 1. The van der Waals surface area contributed by atoms with Crippen LogP contribution in [0.2, 0.25) is 0 Å². The molecule has 1 fully saturated rings. The third-order valence-electron chi connectivity index (χ3n) is 3.19. The monoisotopic (exact) mass is 301 g/mol. The Labute approximate surface area is 116 Å². The van der Waals surface area contributed by atoms with Gasteiger partial charge in [-0.25, -0.2) is 17.9 Å². The maximum atomic E-state index is 12.2. The Hall–Kier alpha value is -1.64. The zero-order chi connectivity index (χ0) is 14.9. The molecule has 1 aromatic carbocycles. The van der Waals surface area contributed by atoms with Gasteiger partial charge in [0.15, 0.2) is 0 Å². The lowest BCUT2D eigenvalue weighted by Gasteiger charge is -2.16. The summed E-state index contributed by atoms with van der Waals surface area (Å²) in [7, 11) is -3.85. The fourth-order valence-corrected chi connectivity index (χ4v) is 3.37. The summed E-state index contributed by atoms with van der Waals surface area (Å²) in [5.74, 6) is -1.87. The SMILES string of the molecule is CC1OCCC1NS(=O)(=O)c1ccc(O)c(C(=O)O)c1. The average Bonchev–Trinajstić information content (AvgIpc) is 2.74. The molecule has 2 unspecified atom stereocenters. The first-order valence-electron chi connectivity index (χ1n) is 6.01. The van der Waals surface area contributed by atoms with Crippen LogP contribution in [0.3, 0.4) is 0 Å². The largest absolute Gasteiger partial charge is 0.507 e. The van der Waals surface area contributed by atoms with Gasteiger partial charge >= 0.3 is 5.97 Å². The van der Waals surface area contributed by atoms with E-state index in [0.29, 0.717) is 13.0 Å². The summed E-state index contributed by atoms with van der Waals surface area (Å²) in [6, 6.07) is 2.79. The number of phenols is 1. The van der Waals surface area contributed by atoms with Crippen molar-refractivity contribution in [1.29, 1.82) is 0 Å². The summed E-state index contributed by atoms with van der Waals surface area (Å²) >= 11 is 0. The minimum atomic E-state index is -3.85. The predicted octanol–water partition coefficient (Wildman–Crippen LogP) is 0.546. The topological polar surface area (TPSA) is 113 Å². The van der Waals surface area contributed by atoms with Crippen LogP contribution in [-0.4, -0.2) is 43.4 Å². The summed E-state index contributed by atoms with van der Waals surface area (Å²) in [5, 5.41) is 18.3. The number of carboxylic acid groups (broad SMARTS) is 1. The number of hydrogen-bond acceptors (Lipinski definition) is 5. The van der Waals surface area contributed by atoms with Crippen molar-refractivity contribution in [2.75, 3.05) is 6.61 Å². The van der Waals surface area contributed by atoms with Crippen LogP contribution in [-0.2, 0) is 14.8 Å². The van der Waals surface area contributed by atoms with Crippen LogP contribution in [0.25, 0.3) is 0 Å². The van der Waals surface area contributed by atoms with Gasteiger partial charge in [0.2, 0.25) is 10.0 Å². The zero-order valence-corrected chi connectivity index (χ0v) is 11.6. The summed E-state index contributed by atoms with van der Waals surface area (Å²) < 4.78 is 32.1. The van der Waals surface area contributed by atoms with Gasteiger partial charge in [-0.2, -0.15) is 0 Å². The fourth-order valence-electron chi connectivity index (χ4n) is 2.01. The molecule has 2 rings (SSSR count). The number of carbonyl (C=O) groups is 1. The summed E-state index contributed by atoms with van der Waals surface area (Å²) in [4.78, 5) is 10.7. The van der Waals surface area contributed by atoms with Gasteiger partial charge in [-0.15, -0.1) is 0 Å². The maximum Gasteiger partial charge on any atom is 0.339 e. The highest BCUT2D eigenvalue weighted by molar-refractivity contribution is 7.89. The number of rotatable bonds is 4. The third-order valence-corrected chi connectivity index (χ3v) is 4.68. The lowest BCUT2D eigenvalue weighted by atomic mass is 10.2. The van der Waals surface area contributed by atoms with E-state index in [-0.39, 0.29) is 17.0 Å². The van der Waals surface area contributed by atoms with E-state index in [1.54, 1.807) is 6.92 Å². The van der Waals surface area contributed by atoms with Crippen molar-refractivity contribution >= 4 is 16.0 Å². The first kappa shape index (κ1) is 14.8. The Kier molecular flexibility index (Phi) is 3.98. The van der Waals surface area contributed by atoms with Gasteiger partial charge in [-0.3, -0.25) is 0 Å². The van der Waals surface area contributed by atoms with E-state index in [1.807, 2.05) is 0 Å². The molecular formula is C12H15NO6S. The third kappa shape index (κ3) is 2.92. The molecule has 1 aliphatic rings. The van der Waals surface area contributed by atoms with Crippen LogP contribution in [0.1, 0.15) is 23.7 Å². The number of nitrogens with one attached hydrogen (secondary N) is 1. The van der Waals surface area contributed by atoms with E-state index < -0.39 is 27.3 Å². The van der Waals surface area contributed by atoms with Crippen molar-refractivity contribution in [2.45, 2.75) is 30.4 Å². The molecule has 0 saturated carbocycles. The van der Waals surface area contributed by atoms with E-state index in [2.05, 4.69) is 4.72 Å². The molecule has 1 heterocycles. The van der Waals surface area contributed by atoms with Crippen LogP contribution < -0.4 is 4.72 Å². The predicted molar refractivity (Wildman–Crippen MR) is 69.2 cm³/mol. The van der Waals surface area contributed by atoms with Crippen molar-refractivity contribution in [3.05, 3.63) is 23.8 Å². The molecule has 3 N–H and O–H groups in total. The van der Waals surface area contributed by atoms with Crippen molar-refractivity contribution in [1.82, 2.24) is 4.72 Å². The molecule has 20 heavy (non-hydrogen) atoms. The highest BCUT2D eigenvalue weighted by Crippen LogP contribution is 2.22. The van der Waals surface area contributed by atoms with Gasteiger partial charge < -0.3 is 14.9 Å². The van der Waals surface area contributed by atoms with E-state index in [4.69, 9.17) is 9.84 Å². The van der Waals surface area contributed by atoms with Gasteiger partial charge in [0.1, 0.15) is 11.3 Å². The molecule has 8 heteroatoms. The van der Waals surface area contributed by atoms with Gasteiger partial charge in [0, 0.05) is 6.61 Å². The van der Waals surface area contributed by atoms with Gasteiger partial charge in [-0.05, 0) is 31.5 Å². The minimum Gasteiger partial charge on any atom is -0.507 e. The molecule has 0 spiro atoms. The van der Waals surface area contributed by atoms with Crippen LogP contribution in [0.4, 0.5) is 0 Å². The van der Waals surface area contributed by atoms with E-state index in [9.17, 15) is 18.3 Å². The fraction of sp³-hybridized carbons (Fsp3) is 0.417. The number of carboxylic acids is 1. The molecule has 1 aliphatic heterocycles. The van der Waals surface area contributed by atoms with Gasteiger partial charge in [0.05, 0.1) is 17.0 Å².